The van der Waals surface area contributed by atoms with Crippen molar-refractivity contribution in [3.63, 3.8) is 0 Å². The molecule has 22 heteroatoms. The van der Waals surface area contributed by atoms with Crippen molar-refractivity contribution < 1.29 is 105 Å². The quantitative estimate of drug-likeness (QED) is 0.0403. The van der Waals surface area contributed by atoms with Crippen LogP contribution >= 0.6 is 0 Å². The maximum absolute atomic E-state index is 12.9. The van der Waals surface area contributed by atoms with Gasteiger partial charge in [0.2, 0.25) is 16.2 Å². The summed E-state index contributed by atoms with van der Waals surface area (Å²) in [6, 6.07) is 0. The smallest absolute Gasteiger partial charge is 0.207 e. The van der Waals surface area contributed by atoms with Gasteiger partial charge in [0.05, 0.1) is 12.8 Å². The lowest BCUT2D eigenvalue weighted by Crippen LogP contribution is -2.52. The molecule has 0 N–H and O–H groups in total. The standard InChI is InChI=1S/C19H32O4.2C18H28O4.C15H26O3.C14H22O3.C11H20O2.C10H16O2.7C2H6/c1-6-9-15(20)19(16(21)10-7-2,17(22)11-8-3)18(23)13-12-14(4)5;2*1-6-9-15(20)18(14(19)8-3,16(21)10-7-2)17(22)12-11-13(4)5;1-5-7-12(16)15(13(17)8-6-2)14(18)10-9-11(3)4;1-5-7-12(16)14(11(15)6-2)13(17)9-8-10(3)4;1-4-5-10(12)8-11(13)7-6-9(2)3;1-4-9(11)7-10(12)6-5-8(2)3;7*1-2/h14H,6-13H2,1-5H3;2*8,13H,3,6-7,9-12H2,1-2,4-5H3;11,15H,5-10H2,1-4H3;6,10,14H,2,5,7-9H2,1,3-4H3;9H,4-8H2,1-3H3;4,8H,1,5-7H2,2-3H3;7*1-2H3. The van der Waals surface area contributed by atoms with Crippen LogP contribution in [0.3, 0.4) is 0 Å². The molecule has 822 valence electrons. The predicted molar refractivity (Wildman–Crippen MR) is 586 cm³/mol. The molecule has 0 aromatic carbocycles. The van der Waals surface area contributed by atoms with Gasteiger partial charge in [-0.25, -0.2) is 0 Å². The number of hydrogen-bond acceptors (Lipinski definition) is 22. The summed E-state index contributed by atoms with van der Waals surface area (Å²) in [4.78, 5) is 266. The van der Waals surface area contributed by atoms with E-state index in [4.69, 9.17) is 0 Å². The fourth-order valence-electron chi connectivity index (χ4n) is 13.1. The van der Waals surface area contributed by atoms with Crippen LogP contribution in [0.2, 0.25) is 0 Å². The van der Waals surface area contributed by atoms with Crippen molar-refractivity contribution in [1.82, 2.24) is 0 Å². The average molecular weight is 2000 g/mol. The fraction of sp³-hybridized carbons (Fsp3) is 0.748. The fourth-order valence-corrected chi connectivity index (χ4v) is 13.1. The van der Waals surface area contributed by atoms with Gasteiger partial charge in [0, 0.05) is 116 Å². The molecule has 1 unspecified atom stereocenters. The van der Waals surface area contributed by atoms with Crippen LogP contribution in [0.25, 0.3) is 0 Å². The van der Waals surface area contributed by atoms with E-state index in [0.717, 1.165) is 43.9 Å². The topological polar surface area (TPSA) is 376 Å². The molecule has 0 amide bonds. The molecule has 141 heavy (non-hydrogen) atoms. The van der Waals surface area contributed by atoms with E-state index < -0.39 is 103 Å². The first kappa shape index (κ1) is 163. The van der Waals surface area contributed by atoms with Crippen molar-refractivity contribution >= 4 is 127 Å². The molecule has 0 fully saturated rings. The number of allylic oxidation sites excluding steroid dienone is 4. The lowest BCUT2D eigenvalue weighted by Gasteiger charge is -2.28. The van der Waals surface area contributed by atoms with Gasteiger partial charge in [-0.2, -0.15) is 0 Å². The van der Waals surface area contributed by atoms with E-state index in [0.29, 0.717) is 152 Å². The Bertz CT molecular complexity index is 3340. The molecule has 0 aromatic heterocycles. The van der Waals surface area contributed by atoms with Crippen LogP contribution in [0, 0.1) is 69.5 Å². The van der Waals surface area contributed by atoms with Gasteiger partial charge in [0.1, 0.15) is 29.2 Å². The van der Waals surface area contributed by atoms with Gasteiger partial charge in [-0.05, 0) is 181 Å². The molecule has 1 atom stereocenters. The van der Waals surface area contributed by atoms with Gasteiger partial charge in [0.15, 0.2) is 110 Å². The highest BCUT2D eigenvalue weighted by molar-refractivity contribution is 6.42. The first-order valence-electron chi connectivity index (χ1n) is 54.5. The molecule has 0 bridgehead atoms. The second-order valence-electron chi connectivity index (χ2n) is 35.8. The summed E-state index contributed by atoms with van der Waals surface area (Å²) in [5, 5.41) is 0. The van der Waals surface area contributed by atoms with Gasteiger partial charge in [0.25, 0.3) is 0 Å². The minimum Gasteiger partial charge on any atom is -0.299 e. The second-order valence-corrected chi connectivity index (χ2v) is 35.8. The molecular weight excluding hydrogens is 1780 g/mol. The van der Waals surface area contributed by atoms with Crippen molar-refractivity contribution in [1.29, 1.82) is 0 Å². The van der Waals surface area contributed by atoms with E-state index in [1.807, 2.05) is 215 Å². The maximum atomic E-state index is 12.9. The van der Waals surface area contributed by atoms with Gasteiger partial charge in [-0.15, -0.1) is 0 Å². The van der Waals surface area contributed by atoms with E-state index in [1.54, 1.807) is 27.7 Å². The number of Topliss-reactive ketones (excluding diaryl/α,β-unsaturated/α-hetero) is 18. The lowest BCUT2D eigenvalue weighted by atomic mass is 9.67. The van der Waals surface area contributed by atoms with E-state index in [2.05, 4.69) is 54.0 Å². The normalized spacial score (nSPS) is 10.4. The van der Waals surface area contributed by atoms with E-state index in [1.165, 1.54) is 6.08 Å². The summed E-state index contributed by atoms with van der Waals surface area (Å²) in [6.45, 7) is 89.7. The van der Waals surface area contributed by atoms with Crippen molar-refractivity contribution in [2.45, 2.75) is 514 Å². The molecular formula is C119H214O22. The van der Waals surface area contributed by atoms with E-state index in [9.17, 15) is 105 Å². The minimum absolute atomic E-state index is 0.0219. The molecule has 0 heterocycles. The highest BCUT2D eigenvalue weighted by atomic mass is 16.2. The second kappa shape index (κ2) is 107. The third kappa shape index (κ3) is 75.1. The molecule has 0 radical (unpaired) electrons. The molecule has 0 saturated heterocycles. The van der Waals surface area contributed by atoms with Crippen LogP contribution in [-0.4, -0.2) is 127 Å². The summed E-state index contributed by atoms with van der Waals surface area (Å²) < 4.78 is 0. The molecule has 0 rings (SSSR count). The average Bonchev–Trinajstić information content (AvgIpc) is 0.769. The summed E-state index contributed by atoms with van der Waals surface area (Å²) in [5.74, 6) is -7.89. The van der Waals surface area contributed by atoms with Crippen molar-refractivity contribution in [3.05, 3.63) is 50.6 Å². The predicted octanol–water partition coefficient (Wildman–Crippen LogP) is 29.2. The Kier molecular flexibility index (Phi) is 124. The Labute approximate surface area is 862 Å². The maximum Gasteiger partial charge on any atom is 0.207 e. The van der Waals surface area contributed by atoms with Gasteiger partial charge in [-0.3, -0.25) is 105 Å². The SMILES string of the molecule is C=CC(=O)C(C(=O)CCC)(C(=O)CCC)C(=O)CCC(C)C.C=CC(=O)C(C(=O)CCC)(C(=O)CCC)C(=O)CCC(C)C.C=CC(=O)C(C(=O)CCC)C(=O)CCC(C)C.C=CC(=O)CC(=O)CCC(C)C.CC.CC.CC.CC.CC.CC.CC.CCCC(=O)C(C(=O)CCC)(C(=O)CCC)C(=O)CCC(C)C.CCCC(=O)C(C(=O)CCC)C(=O)CCC(C)C.CCCC(=O)CC(=O)CCC(C)C. The molecule has 0 aromatic rings. The lowest BCUT2D eigenvalue weighted by molar-refractivity contribution is -0.158. The molecule has 0 aliphatic carbocycles. The van der Waals surface area contributed by atoms with Crippen LogP contribution < -0.4 is 0 Å². The number of rotatable bonds is 69. The van der Waals surface area contributed by atoms with E-state index >= 15 is 0 Å². The molecule has 0 aliphatic heterocycles. The monoisotopic (exact) mass is 2000 g/mol. The highest BCUT2D eigenvalue weighted by Crippen LogP contribution is 2.35. The van der Waals surface area contributed by atoms with Gasteiger partial charge in [-0.1, -0.05) is 296 Å². The summed E-state index contributed by atoms with van der Waals surface area (Å²) in [7, 11) is 0. The Balaban J connectivity index is -0.000000110. The summed E-state index contributed by atoms with van der Waals surface area (Å²) in [6.07, 6.45) is 19.5. The Morgan fingerprint density at radius 1 is 0.191 bits per heavy atom. The number of hydrogen-bond donors (Lipinski definition) is 0. The molecule has 0 spiro atoms. The zero-order chi connectivity index (χ0) is 114. The summed E-state index contributed by atoms with van der Waals surface area (Å²) in [5.41, 5.74) is -6.33. The van der Waals surface area contributed by atoms with E-state index in [-0.39, 0.29) is 160 Å². The number of carbonyl (C=O) groups is 22. The Morgan fingerprint density at radius 2 is 0.362 bits per heavy atom. The third-order valence-corrected chi connectivity index (χ3v) is 20.5. The molecule has 0 aliphatic rings. The van der Waals surface area contributed by atoms with Crippen LogP contribution in [0.5, 0.6) is 0 Å². The first-order chi connectivity index (χ1) is 66.3. The van der Waals surface area contributed by atoms with Gasteiger partial charge >= 0.3 is 0 Å². The minimum atomic E-state index is -2.15. The molecule has 0 saturated carbocycles. The van der Waals surface area contributed by atoms with Crippen LogP contribution in [-0.2, 0) is 105 Å². The van der Waals surface area contributed by atoms with Crippen LogP contribution in [0.1, 0.15) is 514 Å². The zero-order valence-electron chi connectivity index (χ0n) is 97.7. The van der Waals surface area contributed by atoms with Crippen LogP contribution in [0.15, 0.2) is 50.6 Å². The Hall–Kier alpha value is -8.30. The van der Waals surface area contributed by atoms with Crippen LogP contribution in [0.4, 0.5) is 0 Å². The zero-order valence-corrected chi connectivity index (χ0v) is 97.7. The van der Waals surface area contributed by atoms with Crippen molar-refractivity contribution in [2.75, 3.05) is 0 Å². The number of ketones is 22. The number of carbonyl (C=O) groups excluding carboxylic acids is 22. The van der Waals surface area contributed by atoms with Crippen molar-refractivity contribution in [2.24, 2.45) is 69.5 Å². The van der Waals surface area contributed by atoms with Gasteiger partial charge < -0.3 is 0 Å². The molecule has 22 nitrogen and oxygen atoms in total. The third-order valence-electron chi connectivity index (χ3n) is 20.5. The summed E-state index contributed by atoms with van der Waals surface area (Å²) >= 11 is 0. The largest absolute Gasteiger partial charge is 0.299 e. The van der Waals surface area contributed by atoms with Crippen molar-refractivity contribution in [3.8, 4) is 0 Å². The highest BCUT2D eigenvalue weighted by Gasteiger charge is 2.57. The Morgan fingerprint density at radius 3 is 0.567 bits per heavy atom. The first-order valence-corrected chi connectivity index (χ1v) is 54.5.